The second-order valence-corrected chi connectivity index (χ2v) is 7.98. The lowest BCUT2D eigenvalue weighted by Gasteiger charge is -2.08. The van der Waals surface area contributed by atoms with Crippen LogP contribution in [0.2, 0.25) is 0 Å². The lowest BCUT2D eigenvalue weighted by atomic mass is 10.2. The molecule has 0 fully saturated rings. The maximum Gasteiger partial charge on any atom is 0.250 e. The highest BCUT2D eigenvalue weighted by molar-refractivity contribution is 7.91. The largest absolute Gasteiger partial charge is 0.492 e. The third-order valence-electron chi connectivity index (χ3n) is 3.22. The fourth-order valence-electron chi connectivity index (χ4n) is 1.96. The third-order valence-corrected chi connectivity index (χ3v) is 6.40. The third kappa shape index (κ3) is 4.56. The second kappa shape index (κ2) is 7.76. The van der Waals surface area contributed by atoms with Gasteiger partial charge in [0.1, 0.15) is 16.6 Å². The molecule has 1 aromatic heterocycles. The first-order valence-electron chi connectivity index (χ1n) is 7.35. The van der Waals surface area contributed by atoms with Gasteiger partial charge in [0.2, 0.25) is 10.0 Å². The summed E-state index contributed by atoms with van der Waals surface area (Å²) < 4.78 is 32.7. The highest BCUT2D eigenvalue weighted by Crippen LogP contribution is 2.21. The van der Waals surface area contributed by atoms with Gasteiger partial charge >= 0.3 is 0 Å². The average Bonchev–Trinajstić information content (AvgIpc) is 3.02. The number of nitrogens with one attached hydrogen (secondary N) is 1. The van der Waals surface area contributed by atoms with E-state index in [4.69, 9.17) is 4.74 Å². The molecule has 0 saturated carbocycles. The van der Waals surface area contributed by atoms with Gasteiger partial charge in [0.05, 0.1) is 0 Å². The molecule has 0 saturated heterocycles. The number of aryl methyl sites for hydroxylation is 2. The Bertz CT molecular complexity index is 708. The zero-order valence-corrected chi connectivity index (χ0v) is 14.5. The molecule has 1 aromatic carbocycles. The summed E-state index contributed by atoms with van der Waals surface area (Å²) in [5.74, 6) is 0.767. The molecule has 1 N–H and O–H groups in total. The average molecular weight is 339 g/mol. The molecular weight excluding hydrogens is 318 g/mol. The predicted octanol–water partition coefficient (Wildman–Crippen LogP) is 3.23. The highest BCUT2D eigenvalue weighted by Gasteiger charge is 2.15. The summed E-state index contributed by atoms with van der Waals surface area (Å²) in [5.41, 5.74) is 1.20. The van der Waals surface area contributed by atoms with Gasteiger partial charge in [-0.3, -0.25) is 0 Å². The van der Waals surface area contributed by atoms with Crippen molar-refractivity contribution in [3.05, 3.63) is 46.8 Å². The molecule has 120 valence electrons. The van der Waals surface area contributed by atoms with Gasteiger partial charge in [0.15, 0.2) is 0 Å². The molecule has 4 nitrogen and oxygen atoms in total. The minimum atomic E-state index is -3.43. The van der Waals surface area contributed by atoms with E-state index in [1.807, 2.05) is 37.3 Å². The van der Waals surface area contributed by atoms with E-state index in [0.29, 0.717) is 10.8 Å². The molecule has 6 heteroatoms. The van der Waals surface area contributed by atoms with E-state index in [0.717, 1.165) is 23.5 Å². The van der Waals surface area contributed by atoms with Crippen LogP contribution in [0.5, 0.6) is 5.75 Å². The molecule has 0 aliphatic rings. The molecule has 22 heavy (non-hydrogen) atoms. The molecule has 0 aliphatic heterocycles. The minimum Gasteiger partial charge on any atom is -0.492 e. The maximum absolute atomic E-state index is 12.1. The van der Waals surface area contributed by atoms with E-state index in [1.165, 1.54) is 16.9 Å². The van der Waals surface area contributed by atoms with Crippen LogP contribution in [-0.2, 0) is 22.9 Å². The molecule has 1 heterocycles. The normalized spacial score (nSPS) is 11.5. The van der Waals surface area contributed by atoms with Crippen molar-refractivity contribution < 1.29 is 13.2 Å². The van der Waals surface area contributed by atoms with E-state index in [9.17, 15) is 8.42 Å². The molecule has 0 atom stereocenters. The smallest absolute Gasteiger partial charge is 0.250 e. The van der Waals surface area contributed by atoms with Crippen molar-refractivity contribution in [2.75, 3.05) is 13.2 Å². The summed E-state index contributed by atoms with van der Waals surface area (Å²) in [4.78, 5) is 1.06. The topological polar surface area (TPSA) is 55.4 Å². The SMILES string of the molecule is CCc1cccc(OCCNS(=O)(=O)c2ccc(CC)s2)c1. The lowest BCUT2D eigenvalue weighted by Crippen LogP contribution is -2.27. The number of ether oxygens (including phenoxy) is 1. The van der Waals surface area contributed by atoms with Crippen molar-refractivity contribution in [2.24, 2.45) is 0 Å². The van der Waals surface area contributed by atoms with Crippen LogP contribution < -0.4 is 9.46 Å². The van der Waals surface area contributed by atoms with Crippen LogP contribution in [0.4, 0.5) is 0 Å². The van der Waals surface area contributed by atoms with Crippen molar-refractivity contribution in [1.82, 2.24) is 4.72 Å². The number of thiophene rings is 1. The summed E-state index contributed by atoms with van der Waals surface area (Å²) in [5, 5.41) is 0. The quantitative estimate of drug-likeness (QED) is 0.751. The second-order valence-electron chi connectivity index (χ2n) is 4.82. The molecule has 2 rings (SSSR count). The van der Waals surface area contributed by atoms with Gasteiger partial charge in [-0.05, 0) is 42.7 Å². The molecule has 0 spiro atoms. The van der Waals surface area contributed by atoms with Crippen molar-refractivity contribution in [3.63, 3.8) is 0 Å². The first-order chi connectivity index (χ1) is 10.5. The van der Waals surface area contributed by atoms with Crippen LogP contribution in [0.1, 0.15) is 24.3 Å². The summed E-state index contributed by atoms with van der Waals surface area (Å²) in [6.45, 7) is 4.64. The van der Waals surface area contributed by atoms with E-state index >= 15 is 0 Å². The maximum atomic E-state index is 12.1. The van der Waals surface area contributed by atoms with Gasteiger partial charge in [-0.15, -0.1) is 11.3 Å². The van der Waals surface area contributed by atoms with Crippen LogP contribution >= 0.6 is 11.3 Å². The van der Waals surface area contributed by atoms with Crippen LogP contribution in [0.15, 0.2) is 40.6 Å². The van der Waals surface area contributed by atoms with Gasteiger partial charge < -0.3 is 4.74 Å². The molecule has 0 unspecified atom stereocenters. The van der Waals surface area contributed by atoms with E-state index in [2.05, 4.69) is 11.6 Å². The number of hydrogen-bond acceptors (Lipinski definition) is 4. The Morgan fingerprint density at radius 1 is 1.14 bits per heavy atom. The van der Waals surface area contributed by atoms with E-state index in [-0.39, 0.29) is 6.54 Å². The Balaban J connectivity index is 1.85. The Morgan fingerprint density at radius 3 is 2.64 bits per heavy atom. The monoisotopic (exact) mass is 339 g/mol. The number of hydrogen-bond donors (Lipinski definition) is 1. The van der Waals surface area contributed by atoms with E-state index in [1.54, 1.807) is 6.07 Å². The summed E-state index contributed by atoms with van der Waals surface area (Å²) in [7, 11) is -3.43. The van der Waals surface area contributed by atoms with Crippen LogP contribution in [0.25, 0.3) is 0 Å². The Labute approximate surface area is 136 Å². The van der Waals surface area contributed by atoms with Gasteiger partial charge in [-0.2, -0.15) is 0 Å². The van der Waals surface area contributed by atoms with Gasteiger partial charge in [0.25, 0.3) is 0 Å². The molecule has 0 aliphatic carbocycles. The standard InChI is InChI=1S/C16H21NO3S2/c1-3-13-6-5-7-14(12-13)20-11-10-17-22(18,19)16-9-8-15(4-2)21-16/h5-9,12,17H,3-4,10-11H2,1-2H3. The summed E-state index contributed by atoms with van der Waals surface area (Å²) in [6.07, 6.45) is 1.79. The van der Waals surface area contributed by atoms with E-state index < -0.39 is 10.0 Å². The van der Waals surface area contributed by atoms with Gasteiger partial charge in [-0.25, -0.2) is 13.1 Å². The zero-order chi connectivity index (χ0) is 16.0. The van der Waals surface area contributed by atoms with Crippen molar-refractivity contribution in [3.8, 4) is 5.75 Å². The highest BCUT2D eigenvalue weighted by atomic mass is 32.2. The molecule has 0 radical (unpaired) electrons. The van der Waals surface area contributed by atoms with Crippen LogP contribution in [0.3, 0.4) is 0 Å². The zero-order valence-electron chi connectivity index (χ0n) is 12.8. The van der Waals surface area contributed by atoms with Crippen LogP contribution in [-0.4, -0.2) is 21.6 Å². The van der Waals surface area contributed by atoms with Crippen molar-refractivity contribution >= 4 is 21.4 Å². The molecule has 0 amide bonds. The summed E-state index contributed by atoms with van der Waals surface area (Å²) in [6, 6.07) is 11.3. The van der Waals surface area contributed by atoms with Gasteiger partial charge in [-0.1, -0.05) is 26.0 Å². The Hall–Kier alpha value is -1.37. The number of sulfonamides is 1. The van der Waals surface area contributed by atoms with Gasteiger partial charge in [0, 0.05) is 11.4 Å². The number of rotatable bonds is 8. The minimum absolute atomic E-state index is 0.248. The van der Waals surface area contributed by atoms with Crippen LogP contribution in [0, 0.1) is 0 Å². The first kappa shape index (κ1) is 17.0. The fraction of sp³-hybridized carbons (Fsp3) is 0.375. The van der Waals surface area contributed by atoms with Crippen molar-refractivity contribution in [1.29, 1.82) is 0 Å². The molecule has 2 aromatic rings. The fourth-order valence-corrected chi connectivity index (χ4v) is 4.32. The molecule has 0 bridgehead atoms. The first-order valence-corrected chi connectivity index (χ1v) is 9.65. The number of benzene rings is 1. The Kier molecular flexibility index (Phi) is 5.99. The predicted molar refractivity (Wildman–Crippen MR) is 90.2 cm³/mol. The summed E-state index contributed by atoms with van der Waals surface area (Å²) >= 11 is 1.31. The molecular formula is C16H21NO3S2. The Morgan fingerprint density at radius 2 is 1.95 bits per heavy atom. The lowest BCUT2D eigenvalue weighted by molar-refractivity contribution is 0.322. The van der Waals surface area contributed by atoms with Crippen molar-refractivity contribution in [2.45, 2.75) is 30.9 Å².